The number of ether oxygens (including phenoxy) is 2. The summed E-state index contributed by atoms with van der Waals surface area (Å²) in [5, 5.41) is 7.85. The van der Waals surface area contributed by atoms with Crippen LogP contribution in [-0.2, 0) is 13.1 Å². The molecule has 0 radical (unpaired) electrons. The van der Waals surface area contributed by atoms with Crippen LogP contribution in [-0.4, -0.2) is 36.0 Å². The highest BCUT2D eigenvalue weighted by Crippen LogP contribution is 2.32. The fraction of sp³-hybridized carbons (Fsp3) is 0.136. The Hall–Kier alpha value is -6.54. The lowest BCUT2D eigenvalue weighted by atomic mass is 9.97. The molecule has 0 unspecified atom stereocenters. The summed E-state index contributed by atoms with van der Waals surface area (Å²) in [5.41, 5.74) is 9.40. The van der Waals surface area contributed by atoms with E-state index in [0.717, 1.165) is 78.1 Å². The third-order valence-corrected chi connectivity index (χ3v) is 9.35. The van der Waals surface area contributed by atoms with E-state index in [1.807, 2.05) is 135 Å². The van der Waals surface area contributed by atoms with Gasteiger partial charge in [0.05, 0.1) is 47.8 Å². The summed E-state index contributed by atoms with van der Waals surface area (Å²) >= 11 is 0. The SMILES string of the molecule is COc1ccc(-c2nc3ccccc3c(C(=O)NCc3cccc(CNC(=O)c4c(C)c(-c5ccc(OC)cc5)nc5ccccc45)c3)c2C)cc1. The van der Waals surface area contributed by atoms with Crippen LogP contribution >= 0.6 is 0 Å². The third kappa shape index (κ3) is 6.79. The number of nitrogens with zero attached hydrogens (tertiary/aromatic N) is 2. The molecule has 7 rings (SSSR count). The molecule has 52 heavy (non-hydrogen) atoms. The summed E-state index contributed by atoms with van der Waals surface area (Å²) in [5.74, 6) is 1.14. The number of pyridine rings is 2. The van der Waals surface area contributed by atoms with Gasteiger partial charge in [-0.25, -0.2) is 9.97 Å². The van der Waals surface area contributed by atoms with E-state index < -0.39 is 0 Å². The largest absolute Gasteiger partial charge is 0.497 e. The number of rotatable bonds is 10. The van der Waals surface area contributed by atoms with Crippen molar-refractivity contribution in [3.8, 4) is 34.0 Å². The van der Waals surface area contributed by atoms with Crippen molar-refractivity contribution in [1.82, 2.24) is 20.6 Å². The molecular weight excluding hydrogens is 649 g/mol. The van der Waals surface area contributed by atoms with Crippen molar-refractivity contribution in [1.29, 1.82) is 0 Å². The maximum absolute atomic E-state index is 13.9. The van der Waals surface area contributed by atoms with Crippen LogP contribution in [0.3, 0.4) is 0 Å². The quantitative estimate of drug-likeness (QED) is 0.149. The highest BCUT2D eigenvalue weighted by Gasteiger charge is 2.21. The second-order valence-corrected chi connectivity index (χ2v) is 12.6. The molecule has 5 aromatic carbocycles. The highest BCUT2D eigenvalue weighted by molar-refractivity contribution is 6.10. The van der Waals surface area contributed by atoms with Crippen molar-refractivity contribution in [2.45, 2.75) is 26.9 Å². The number of methoxy groups -OCH3 is 2. The molecule has 2 amide bonds. The van der Waals surface area contributed by atoms with Crippen molar-refractivity contribution in [2.75, 3.05) is 14.2 Å². The third-order valence-electron chi connectivity index (χ3n) is 9.35. The number of fused-ring (bicyclic) bond motifs is 2. The Bertz CT molecular complexity index is 2270. The van der Waals surface area contributed by atoms with Gasteiger partial charge in [0.2, 0.25) is 0 Å². The molecule has 0 bridgehead atoms. The number of carbonyl (C=O) groups is 2. The Balaban J connectivity index is 1.09. The van der Waals surface area contributed by atoms with Crippen LogP contribution in [0, 0.1) is 13.8 Å². The zero-order valence-electron chi connectivity index (χ0n) is 29.5. The van der Waals surface area contributed by atoms with E-state index >= 15 is 0 Å². The number of carbonyl (C=O) groups excluding carboxylic acids is 2. The Morgan fingerprint density at radius 2 is 0.942 bits per heavy atom. The number of benzene rings is 5. The highest BCUT2D eigenvalue weighted by atomic mass is 16.5. The molecule has 2 N–H and O–H groups in total. The first-order chi connectivity index (χ1) is 25.3. The minimum atomic E-state index is -0.183. The number of aromatic nitrogens is 2. The molecule has 0 saturated carbocycles. The summed E-state index contributed by atoms with van der Waals surface area (Å²) in [6, 6.07) is 38.6. The fourth-order valence-corrected chi connectivity index (χ4v) is 6.65. The first kappa shape index (κ1) is 33.9. The van der Waals surface area contributed by atoms with Crippen LogP contribution in [0.2, 0.25) is 0 Å². The summed E-state index contributed by atoms with van der Waals surface area (Å²) in [6.45, 7) is 4.50. The molecule has 0 atom stereocenters. The molecule has 0 saturated heterocycles. The van der Waals surface area contributed by atoms with Gasteiger partial charge < -0.3 is 20.1 Å². The van der Waals surface area contributed by atoms with Gasteiger partial charge in [-0.05, 0) is 96.8 Å². The first-order valence-electron chi connectivity index (χ1n) is 17.1. The molecule has 7 aromatic rings. The molecular formula is C44H38N4O4. The lowest BCUT2D eigenvalue weighted by Gasteiger charge is -2.16. The van der Waals surface area contributed by atoms with E-state index in [0.29, 0.717) is 24.2 Å². The number of para-hydroxylation sites is 2. The molecule has 2 heterocycles. The van der Waals surface area contributed by atoms with E-state index in [-0.39, 0.29) is 11.8 Å². The molecule has 8 heteroatoms. The molecule has 0 aliphatic rings. The average Bonchev–Trinajstić information content (AvgIpc) is 3.19. The maximum atomic E-state index is 13.9. The van der Waals surface area contributed by atoms with E-state index in [9.17, 15) is 9.59 Å². The topological polar surface area (TPSA) is 102 Å². The smallest absolute Gasteiger partial charge is 0.252 e. The zero-order valence-corrected chi connectivity index (χ0v) is 29.5. The lowest BCUT2D eigenvalue weighted by Crippen LogP contribution is -2.25. The average molecular weight is 687 g/mol. The van der Waals surface area contributed by atoms with Gasteiger partial charge in [0, 0.05) is 35.0 Å². The zero-order chi connectivity index (χ0) is 36.2. The van der Waals surface area contributed by atoms with Crippen LogP contribution in [0.15, 0.2) is 121 Å². The molecule has 0 fully saturated rings. The number of amides is 2. The van der Waals surface area contributed by atoms with Crippen LogP contribution in [0.4, 0.5) is 0 Å². The summed E-state index contributed by atoms with van der Waals surface area (Å²) in [7, 11) is 3.26. The van der Waals surface area contributed by atoms with Crippen LogP contribution in [0.1, 0.15) is 43.0 Å². The minimum absolute atomic E-state index is 0.183. The fourth-order valence-electron chi connectivity index (χ4n) is 6.65. The Morgan fingerprint density at radius 1 is 0.538 bits per heavy atom. The molecule has 0 aliphatic heterocycles. The summed E-state index contributed by atoms with van der Waals surface area (Å²) in [6.07, 6.45) is 0. The number of hydrogen-bond acceptors (Lipinski definition) is 6. The van der Waals surface area contributed by atoms with E-state index in [1.165, 1.54) is 0 Å². The van der Waals surface area contributed by atoms with Crippen LogP contribution < -0.4 is 20.1 Å². The molecule has 8 nitrogen and oxygen atoms in total. The number of nitrogens with one attached hydrogen (secondary N) is 2. The molecule has 2 aromatic heterocycles. The normalized spacial score (nSPS) is 11.0. The Morgan fingerprint density at radius 3 is 1.35 bits per heavy atom. The van der Waals surface area contributed by atoms with Gasteiger partial charge in [0.15, 0.2) is 0 Å². The van der Waals surface area contributed by atoms with E-state index in [2.05, 4.69) is 10.6 Å². The maximum Gasteiger partial charge on any atom is 0.252 e. The van der Waals surface area contributed by atoms with Crippen molar-refractivity contribution in [3.63, 3.8) is 0 Å². The van der Waals surface area contributed by atoms with Crippen LogP contribution in [0.25, 0.3) is 44.3 Å². The van der Waals surface area contributed by atoms with Gasteiger partial charge >= 0.3 is 0 Å². The second-order valence-electron chi connectivity index (χ2n) is 12.6. The van der Waals surface area contributed by atoms with Crippen molar-refractivity contribution in [2.24, 2.45) is 0 Å². The van der Waals surface area contributed by atoms with E-state index in [1.54, 1.807) is 14.2 Å². The van der Waals surface area contributed by atoms with E-state index in [4.69, 9.17) is 19.4 Å². The van der Waals surface area contributed by atoms with Gasteiger partial charge in [-0.3, -0.25) is 9.59 Å². The van der Waals surface area contributed by atoms with Crippen molar-refractivity contribution < 1.29 is 19.1 Å². The number of hydrogen-bond donors (Lipinski definition) is 2. The minimum Gasteiger partial charge on any atom is -0.497 e. The second kappa shape index (κ2) is 14.7. The predicted molar refractivity (Wildman–Crippen MR) is 206 cm³/mol. The van der Waals surface area contributed by atoms with Gasteiger partial charge in [-0.2, -0.15) is 0 Å². The van der Waals surface area contributed by atoms with Crippen molar-refractivity contribution in [3.05, 3.63) is 155 Å². The summed E-state index contributed by atoms with van der Waals surface area (Å²) in [4.78, 5) is 37.6. The predicted octanol–water partition coefficient (Wildman–Crippen LogP) is 8.61. The van der Waals surface area contributed by atoms with Gasteiger partial charge in [-0.1, -0.05) is 60.7 Å². The standard InChI is InChI=1S/C44H38N4O4/c1-27-39(35-12-5-7-14-37(35)47-41(27)31-16-20-33(51-3)21-17-31)43(49)45-25-29-10-9-11-30(24-29)26-46-44(50)40-28(2)42(32-18-22-34(52-4)23-19-32)48-38-15-8-6-13-36(38)40/h5-24H,25-26H2,1-4H3,(H,45,49)(H,46,50). The van der Waals surface area contributed by atoms with Gasteiger partial charge in [0.1, 0.15) is 11.5 Å². The monoisotopic (exact) mass is 686 g/mol. The lowest BCUT2D eigenvalue weighted by molar-refractivity contribution is 0.0944. The Kier molecular flexibility index (Phi) is 9.62. The molecule has 258 valence electrons. The molecule has 0 spiro atoms. The van der Waals surface area contributed by atoms with Crippen LogP contribution in [0.5, 0.6) is 11.5 Å². The molecule has 0 aliphatic carbocycles. The van der Waals surface area contributed by atoms with Gasteiger partial charge in [-0.15, -0.1) is 0 Å². The Labute approximate surface area is 302 Å². The summed E-state index contributed by atoms with van der Waals surface area (Å²) < 4.78 is 10.7. The first-order valence-corrected chi connectivity index (χ1v) is 17.1. The van der Waals surface area contributed by atoms with Crippen molar-refractivity contribution >= 4 is 33.6 Å². The van der Waals surface area contributed by atoms with Gasteiger partial charge in [0.25, 0.3) is 11.8 Å².